The third kappa shape index (κ3) is 4.62. The molecular formula is C17H23N3O4S2. The van der Waals surface area contributed by atoms with Gasteiger partial charge in [-0.15, -0.1) is 11.8 Å². The van der Waals surface area contributed by atoms with Crippen molar-refractivity contribution in [2.75, 3.05) is 19.5 Å². The number of esters is 1. The number of hydrogen-bond donors (Lipinski definition) is 1. The lowest BCUT2D eigenvalue weighted by atomic mass is 9.98. The minimum Gasteiger partial charge on any atom is -0.467 e. The number of aliphatic imine (C=N–C) groups is 2. The Bertz CT molecular complexity index is 662. The van der Waals surface area contributed by atoms with E-state index in [1.165, 1.54) is 7.11 Å². The lowest BCUT2D eigenvalue weighted by Gasteiger charge is -2.25. The van der Waals surface area contributed by atoms with Crippen molar-refractivity contribution in [2.24, 2.45) is 15.9 Å². The number of fused-ring (bicyclic) bond motifs is 1. The van der Waals surface area contributed by atoms with E-state index in [0.29, 0.717) is 18.3 Å². The van der Waals surface area contributed by atoms with Gasteiger partial charge in [-0.1, -0.05) is 37.8 Å². The molecule has 4 unspecified atom stereocenters. The van der Waals surface area contributed by atoms with Crippen molar-refractivity contribution in [1.82, 2.24) is 5.32 Å². The van der Waals surface area contributed by atoms with Crippen LogP contribution in [-0.4, -0.2) is 65.0 Å². The number of amides is 1. The number of carbonyl (C=O) groups is 2. The molecule has 3 rings (SSSR count). The fourth-order valence-electron chi connectivity index (χ4n) is 2.79. The lowest BCUT2D eigenvalue weighted by molar-refractivity contribution is -0.141. The molecule has 4 atom stereocenters. The minimum absolute atomic E-state index is 0.0565. The van der Waals surface area contributed by atoms with Gasteiger partial charge in [-0.05, 0) is 12.3 Å². The number of carbonyl (C=O) groups excluding carboxylic acids is 2. The van der Waals surface area contributed by atoms with Gasteiger partial charge in [0.2, 0.25) is 0 Å². The van der Waals surface area contributed by atoms with Gasteiger partial charge < -0.3 is 14.8 Å². The average molecular weight is 398 g/mol. The highest BCUT2D eigenvalue weighted by atomic mass is 32.2. The molecule has 3 aliphatic rings. The molecule has 0 radical (unpaired) electrons. The van der Waals surface area contributed by atoms with E-state index in [2.05, 4.69) is 10.3 Å². The summed E-state index contributed by atoms with van der Waals surface area (Å²) in [5, 5.41) is 4.84. The Balaban J connectivity index is 1.53. The molecule has 9 heteroatoms. The number of methoxy groups -OCH3 is 1. The molecule has 26 heavy (non-hydrogen) atoms. The monoisotopic (exact) mass is 397 g/mol. The van der Waals surface area contributed by atoms with Crippen LogP contribution >= 0.6 is 23.5 Å². The fourth-order valence-corrected chi connectivity index (χ4v) is 5.23. The van der Waals surface area contributed by atoms with Crippen LogP contribution in [-0.2, 0) is 14.3 Å². The fraction of sp³-hybridized carbons (Fsp3) is 0.647. The van der Waals surface area contributed by atoms with Crippen LogP contribution in [0.3, 0.4) is 0 Å². The maximum Gasteiger partial charge on any atom is 0.407 e. The van der Waals surface area contributed by atoms with Crippen LogP contribution < -0.4 is 5.32 Å². The number of rotatable bonds is 5. The Kier molecular flexibility index (Phi) is 6.29. The number of alkyl carbamates (subject to hydrolysis) is 1. The van der Waals surface area contributed by atoms with Gasteiger partial charge in [-0.2, -0.15) is 0 Å². The zero-order valence-electron chi connectivity index (χ0n) is 15.0. The molecule has 2 heterocycles. The summed E-state index contributed by atoms with van der Waals surface area (Å²) in [6.07, 6.45) is 4.41. The van der Waals surface area contributed by atoms with E-state index >= 15 is 0 Å². The van der Waals surface area contributed by atoms with Crippen LogP contribution in [0.1, 0.15) is 20.3 Å². The molecule has 1 aliphatic carbocycles. The normalized spacial score (nSPS) is 29.8. The summed E-state index contributed by atoms with van der Waals surface area (Å²) in [4.78, 5) is 32.6. The molecule has 1 amide bonds. The predicted octanol–water partition coefficient (Wildman–Crippen LogP) is 2.27. The number of nitrogens with zero attached hydrogens (tertiary/aromatic N) is 2. The number of nitrogens with one attached hydrogen (secondary N) is 1. The SMILES string of the molecule is COC(=O)C1CSC(C2=NC3C=CC(NC(=O)OCC(C)C)CC3S2)=N1. The van der Waals surface area contributed by atoms with Crippen molar-refractivity contribution in [3.05, 3.63) is 12.2 Å². The molecule has 0 aromatic carbocycles. The highest BCUT2D eigenvalue weighted by Gasteiger charge is 2.37. The zero-order chi connectivity index (χ0) is 18.7. The highest BCUT2D eigenvalue weighted by molar-refractivity contribution is 8.25. The summed E-state index contributed by atoms with van der Waals surface area (Å²) < 4.78 is 9.94. The summed E-state index contributed by atoms with van der Waals surface area (Å²) in [6.45, 7) is 4.41. The van der Waals surface area contributed by atoms with Crippen molar-refractivity contribution in [1.29, 1.82) is 0 Å². The minimum atomic E-state index is -0.438. The van der Waals surface area contributed by atoms with Gasteiger partial charge in [0.1, 0.15) is 10.1 Å². The molecule has 142 valence electrons. The Hall–Kier alpha value is -1.48. The first-order chi connectivity index (χ1) is 12.5. The molecule has 0 bridgehead atoms. The van der Waals surface area contributed by atoms with Gasteiger partial charge in [0, 0.05) is 11.0 Å². The van der Waals surface area contributed by atoms with Gasteiger partial charge in [0.15, 0.2) is 6.04 Å². The highest BCUT2D eigenvalue weighted by Crippen LogP contribution is 2.37. The Labute approximate surface area is 161 Å². The van der Waals surface area contributed by atoms with Crippen LogP contribution in [0.2, 0.25) is 0 Å². The molecule has 0 fully saturated rings. The van der Waals surface area contributed by atoms with E-state index in [1.54, 1.807) is 23.5 Å². The second kappa shape index (κ2) is 8.47. The molecule has 7 nitrogen and oxygen atoms in total. The summed E-state index contributed by atoms with van der Waals surface area (Å²) in [5.74, 6) is 0.600. The number of ether oxygens (including phenoxy) is 2. The van der Waals surface area contributed by atoms with E-state index in [9.17, 15) is 9.59 Å². The third-order valence-corrected chi connectivity index (χ3v) is 6.58. The predicted molar refractivity (Wildman–Crippen MR) is 105 cm³/mol. The van der Waals surface area contributed by atoms with Crippen LogP contribution in [0.15, 0.2) is 22.1 Å². The van der Waals surface area contributed by atoms with Crippen molar-refractivity contribution in [3.8, 4) is 0 Å². The van der Waals surface area contributed by atoms with Gasteiger partial charge in [-0.25, -0.2) is 9.59 Å². The standard InChI is InChI=1S/C17H23N3O4S2/c1-9(2)7-24-17(22)18-10-4-5-11-13(6-10)26-15(19-11)14-20-12(8-25-14)16(21)23-3/h4-5,9-13H,6-8H2,1-3H3,(H,18,22). The summed E-state index contributed by atoms with van der Waals surface area (Å²) >= 11 is 3.21. The van der Waals surface area contributed by atoms with Crippen molar-refractivity contribution in [2.45, 2.75) is 43.6 Å². The molecule has 0 saturated carbocycles. The molecule has 2 aliphatic heterocycles. The lowest BCUT2D eigenvalue weighted by Crippen LogP contribution is -2.40. The first-order valence-electron chi connectivity index (χ1n) is 8.61. The maximum atomic E-state index is 11.8. The topological polar surface area (TPSA) is 89.3 Å². The Morgan fingerprint density at radius 3 is 2.85 bits per heavy atom. The van der Waals surface area contributed by atoms with E-state index in [1.807, 2.05) is 26.0 Å². The summed E-state index contributed by atoms with van der Waals surface area (Å²) in [7, 11) is 1.38. The second-order valence-electron chi connectivity index (χ2n) is 6.73. The van der Waals surface area contributed by atoms with Crippen molar-refractivity contribution in [3.63, 3.8) is 0 Å². The van der Waals surface area contributed by atoms with Crippen LogP contribution in [0.4, 0.5) is 4.79 Å². The van der Waals surface area contributed by atoms with E-state index in [-0.39, 0.29) is 29.4 Å². The molecule has 0 aromatic heterocycles. The molecule has 0 aromatic rings. The van der Waals surface area contributed by atoms with Crippen LogP contribution in [0, 0.1) is 5.92 Å². The first kappa shape index (κ1) is 19.3. The average Bonchev–Trinajstić information content (AvgIpc) is 3.25. The Morgan fingerprint density at radius 1 is 1.31 bits per heavy atom. The summed E-state index contributed by atoms with van der Waals surface area (Å²) in [5.41, 5.74) is 0. The molecular weight excluding hydrogens is 374 g/mol. The zero-order valence-corrected chi connectivity index (χ0v) is 16.6. The Morgan fingerprint density at radius 2 is 2.12 bits per heavy atom. The number of hydrogen-bond acceptors (Lipinski definition) is 8. The van der Waals surface area contributed by atoms with Gasteiger partial charge in [0.05, 0.1) is 25.8 Å². The quantitative estimate of drug-likeness (QED) is 0.565. The van der Waals surface area contributed by atoms with Gasteiger partial charge >= 0.3 is 12.1 Å². The third-order valence-electron chi connectivity index (χ3n) is 4.10. The van der Waals surface area contributed by atoms with Crippen molar-refractivity contribution < 1.29 is 19.1 Å². The van der Waals surface area contributed by atoms with Crippen LogP contribution in [0.25, 0.3) is 0 Å². The second-order valence-corrected chi connectivity index (χ2v) is 8.97. The molecule has 0 saturated heterocycles. The molecule has 1 N–H and O–H groups in total. The van der Waals surface area contributed by atoms with E-state index in [0.717, 1.165) is 16.5 Å². The molecule has 0 spiro atoms. The van der Waals surface area contributed by atoms with Gasteiger partial charge in [0.25, 0.3) is 0 Å². The van der Waals surface area contributed by atoms with Crippen molar-refractivity contribution >= 4 is 45.7 Å². The first-order valence-corrected chi connectivity index (χ1v) is 10.5. The van der Waals surface area contributed by atoms with Crippen LogP contribution in [0.5, 0.6) is 0 Å². The van der Waals surface area contributed by atoms with E-state index in [4.69, 9.17) is 14.5 Å². The van der Waals surface area contributed by atoms with E-state index < -0.39 is 6.04 Å². The largest absolute Gasteiger partial charge is 0.467 e. The summed E-state index contributed by atoms with van der Waals surface area (Å²) in [6, 6.07) is -0.411. The smallest absolute Gasteiger partial charge is 0.407 e. The number of thioether (sulfide) groups is 2. The van der Waals surface area contributed by atoms with Gasteiger partial charge in [-0.3, -0.25) is 9.98 Å². The maximum absolute atomic E-state index is 11.8.